The van der Waals surface area contributed by atoms with E-state index in [9.17, 15) is 4.79 Å². The molecule has 0 aliphatic carbocycles. The fourth-order valence-corrected chi connectivity index (χ4v) is 5.32. The highest BCUT2D eigenvalue weighted by atomic mass is 32.1. The van der Waals surface area contributed by atoms with Crippen LogP contribution in [0.15, 0.2) is 63.8 Å². The normalized spacial score (nSPS) is 15.2. The number of thiophene rings is 1. The maximum absolute atomic E-state index is 11.0. The summed E-state index contributed by atoms with van der Waals surface area (Å²) in [5.74, 6) is 0.255. The Balaban J connectivity index is 1.32. The van der Waals surface area contributed by atoms with E-state index in [-0.39, 0.29) is 11.8 Å². The molecule has 0 bridgehead atoms. The Kier molecular flexibility index (Phi) is 6.30. The van der Waals surface area contributed by atoms with Gasteiger partial charge in [0.15, 0.2) is 0 Å². The van der Waals surface area contributed by atoms with Crippen molar-refractivity contribution in [1.29, 1.82) is 0 Å². The molecule has 1 unspecified atom stereocenters. The zero-order valence-electron chi connectivity index (χ0n) is 19.3. The summed E-state index contributed by atoms with van der Waals surface area (Å²) in [6.45, 7) is 6.21. The van der Waals surface area contributed by atoms with Gasteiger partial charge in [-0.3, -0.25) is 9.69 Å². The molecule has 34 heavy (non-hydrogen) atoms. The Morgan fingerprint density at radius 3 is 2.50 bits per heavy atom. The highest BCUT2D eigenvalue weighted by molar-refractivity contribution is 7.08. The largest absolute Gasteiger partial charge is 0.481 e. The first-order chi connectivity index (χ1) is 16.4. The minimum atomic E-state index is -0.710. The summed E-state index contributed by atoms with van der Waals surface area (Å²) in [6, 6.07) is 16.9. The molecular formula is C27H27N3O3S. The highest BCUT2D eigenvalue weighted by Crippen LogP contribution is 2.31. The second-order valence-corrected chi connectivity index (χ2v) is 9.97. The third-order valence-electron chi connectivity index (χ3n) is 6.33. The Labute approximate surface area is 202 Å². The summed E-state index contributed by atoms with van der Waals surface area (Å²) in [5.41, 5.74) is 6.99. The number of rotatable bonds is 8. The van der Waals surface area contributed by atoms with Crippen molar-refractivity contribution in [1.82, 2.24) is 15.0 Å². The van der Waals surface area contributed by atoms with Gasteiger partial charge in [-0.25, -0.2) is 0 Å². The van der Waals surface area contributed by atoms with Crippen LogP contribution in [0.1, 0.15) is 39.6 Å². The van der Waals surface area contributed by atoms with Gasteiger partial charge in [0, 0.05) is 25.2 Å². The lowest BCUT2D eigenvalue weighted by Crippen LogP contribution is -2.49. The number of carbonyl (C=O) groups is 1. The molecule has 4 aromatic rings. The quantitative estimate of drug-likeness (QED) is 0.374. The zero-order valence-corrected chi connectivity index (χ0v) is 20.1. The molecule has 1 aliphatic rings. The predicted molar refractivity (Wildman–Crippen MR) is 132 cm³/mol. The maximum Gasteiger partial charge on any atom is 0.309 e. The van der Waals surface area contributed by atoms with Crippen LogP contribution in [-0.4, -0.2) is 39.2 Å². The average molecular weight is 474 g/mol. The van der Waals surface area contributed by atoms with Crippen LogP contribution < -0.4 is 0 Å². The van der Waals surface area contributed by atoms with Crippen LogP contribution in [0.4, 0.5) is 0 Å². The van der Waals surface area contributed by atoms with E-state index in [2.05, 4.69) is 58.9 Å². The Hall–Kier alpha value is -3.29. The second kappa shape index (κ2) is 9.52. The molecule has 0 radical (unpaired) electrons. The molecule has 2 aromatic heterocycles. The molecule has 2 aromatic carbocycles. The molecule has 1 fully saturated rings. The number of carboxylic acid groups (broad SMARTS) is 1. The lowest BCUT2D eigenvalue weighted by Gasteiger charge is -2.36. The molecule has 6 nitrogen and oxygen atoms in total. The standard InChI is InChI=1S/C27H27N3O3S/c1-17-9-18(2)11-20(10-17)12-24(22-7-8-34-16-22)26-28-25(29-33-26)21-5-3-19(4-6-21)13-30-14-23(15-30)27(31)32/h3-11,16,23-24H,12-15H2,1-2H3,(H,31,32). The molecule has 1 atom stereocenters. The van der Waals surface area contributed by atoms with Crippen molar-refractivity contribution in [3.63, 3.8) is 0 Å². The van der Waals surface area contributed by atoms with E-state index in [1.807, 2.05) is 24.3 Å². The molecule has 1 aliphatic heterocycles. The molecule has 1 N–H and O–H groups in total. The SMILES string of the molecule is Cc1cc(C)cc(CC(c2ccsc2)c2nc(-c3ccc(CN4CC(C(=O)O)C4)cc3)no2)c1. The highest BCUT2D eigenvalue weighted by Gasteiger charge is 2.32. The molecule has 3 heterocycles. The van der Waals surface area contributed by atoms with Gasteiger partial charge in [0.1, 0.15) is 0 Å². The van der Waals surface area contributed by atoms with Gasteiger partial charge in [0.2, 0.25) is 11.7 Å². The molecule has 5 rings (SSSR count). The summed E-state index contributed by atoms with van der Waals surface area (Å²) in [7, 11) is 0. The van der Waals surface area contributed by atoms with E-state index in [4.69, 9.17) is 14.6 Å². The number of likely N-dealkylation sites (tertiary alicyclic amines) is 1. The second-order valence-electron chi connectivity index (χ2n) is 9.19. The lowest BCUT2D eigenvalue weighted by molar-refractivity contribution is -0.147. The molecular weight excluding hydrogens is 446 g/mol. The number of hydrogen-bond acceptors (Lipinski definition) is 6. The van der Waals surface area contributed by atoms with Crippen LogP contribution in [0.5, 0.6) is 0 Å². The van der Waals surface area contributed by atoms with Gasteiger partial charge in [-0.2, -0.15) is 16.3 Å². The lowest BCUT2D eigenvalue weighted by atomic mass is 9.92. The summed E-state index contributed by atoms with van der Waals surface area (Å²) in [6.07, 6.45) is 0.799. The van der Waals surface area contributed by atoms with Gasteiger partial charge in [0.05, 0.1) is 11.8 Å². The van der Waals surface area contributed by atoms with Crippen molar-refractivity contribution in [2.24, 2.45) is 5.92 Å². The van der Waals surface area contributed by atoms with Crippen LogP contribution in [0, 0.1) is 19.8 Å². The molecule has 0 amide bonds. The fraction of sp³-hybridized carbons (Fsp3) is 0.296. The molecule has 7 heteroatoms. The van der Waals surface area contributed by atoms with Crippen LogP contribution in [0.3, 0.4) is 0 Å². The van der Waals surface area contributed by atoms with Gasteiger partial charge >= 0.3 is 5.97 Å². The van der Waals surface area contributed by atoms with Crippen LogP contribution in [0.25, 0.3) is 11.4 Å². The van der Waals surface area contributed by atoms with Crippen LogP contribution in [-0.2, 0) is 17.8 Å². The van der Waals surface area contributed by atoms with E-state index in [1.54, 1.807) is 11.3 Å². The van der Waals surface area contributed by atoms with Crippen LogP contribution >= 0.6 is 11.3 Å². The third kappa shape index (κ3) is 4.95. The Morgan fingerprint density at radius 1 is 1.12 bits per heavy atom. The number of nitrogens with zero attached hydrogens (tertiary/aromatic N) is 3. The number of aromatic nitrogens is 2. The van der Waals surface area contributed by atoms with Gasteiger partial charge < -0.3 is 9.63 Å². The number of carboxylic acids is 1. The van der Waals surface area contributed by atoms with Gasteiger partial charge in [-0.05, 0) is 53.8 Å². The first-order valence-electron chi connectivity index (χ1n) is 11.4. The van der Waals surface area contributed by atoms with Gasteiger partial charge in [-0.15, -0.1) is 0 Å². The van der Waals surface area contributed by atoms with Crippen molar-refractivity contribution in [2.75, 3.05) is 13.1 Å². The average Bonchev–Trinajstić information content (AvgIpc) is 3.46. The first kappa shape index (κ1) is 22.5. The summed E-state index contributed by atoms with van der Waals surface area (Å²) >= 11 is 1.67. The number of aliphatic carboxylic acids is 1. The van der Waals surface area contributed by atoms with E-state index in [1.165, 1.54) is 22.3 Å². The Bertz CT molecular complexity index is 1250. The summed E-state index contributed by atoms with van der Waals surface area (Å²) in [4.78, 5) is 17.9. The molecule has 0 saturated carbocycles. The molecule has 1 saturated heterocycles. The molecule has 174 valence electrons. The van der Waals surface area contributed by atoms with Crippen molar-refractivity contribution < 1.29 is 14.4 Å². The molecule has 0 spiro atoms. The summed E-state index contributed by atoms with van der Waals surface area (Å²) in [5, 5.41) is 17.6. The van der Waals surface area contributed by atoms with Crippen molar-refractivity contribution in [3.8, 4) is 11.4 Å². The number of hydrogen-bond donors (Lipinski definition) is 1. The third-order valence-corrected chi connectivity index (χ3v) is 7.03. The van der Waals surface area contributed by atoms with Crippen LogP contribution in [0.2, 0.25) is 0 Å². The minimum absolute atomic E-state index is 0.00145. The number of benzene rings is 2. The smallest absolute Gasteiger partial charge is 0.309 e. The predicted octanol–water partition coefficient (Wildman–Crippen LogP) is 5.31. The zero-order chi connectivity index (χ0) is 23.7. The van der Waals surface area contributed by atoms with Crippen molar-refractivity contribution >= 4 is 17.3 Å². The van der Waals surface area contributed by atoms with E-state index in [0.717, 1.165) is 24.1 Å². The topological polar surface area (TPSA) is 79.5 Å². The van der Waals surface area contributed by atoms with E-state index < -0.39 is 5.97 Å². The Morgan fingerprint density at radius 2 is 1.85 bits per heavy atom. The van der Waals surface area contributed by atoms with E-state index in [0.29, 0.717) is 24.8 Å². The van der Waals surface area contributed by atoms with Crippen molar-refractivity contribution in [2.45, 2.75) is 32.7 Å². The monoisotopic (exact) mass is 473 g/mol. The van der Waals surface area contributed by atoms with Crippen molar-refractivity contribution in [3.05, 3.63) is 93.0 Å². The number of aryl methyl sites for hydroxylation is 2. The fourth-order valence-electron chi connectivity index (χ4n) is 4.61. The van der Waals surface area contributed by atoms with Gasteiger partial charge in [0.25, 0.3) is 0 Å². The van der Waals surface area contributed by atoms with Gasteiger partial charge in [-0.1, -0.05) is 58.7 Å². The summed E-state index contributed by atoms with van der Waals surface area (Å²) < 4.78 is 5.77. The maximum atomic E-state index is 11.0. The first-order valence-corrected chi connectivity index (χ1v) is 12.4. The van der Waals surface area contributed by atoms with E-state index >= 15 is 0 Å². The minimum Gasteiger partial charge on any atom is -0.481 e.